The topological polar surface area (TPSA) is 66.8 Å². The van der Waals surface area contributed by atoms with Crippen molar-refractivity contribution in [1.82, 2.24) is 0 Å². The number of hydrogen-bond acceptors (Lipinski definition) is 4. The summed E-state index contributed by atoms with van der Waals surface area (Å²) in [4.78, 5) is 11.5. The van der Waals surface area contributed by atoms with Gasteiger partial charge in [-0.25, -0.2) is 0 Å². The molecule has 0 aliphatic heterocycles. The van der Waals surface area contributed by atoms with Crippen molar-refractivity contribution < 1.29 is 19.7 Å². The molecule has 1 atom stereocenters. The third-order valence-electron chi connectivity index (χ3n) is 3.36. The van der Waals surface area contributed by atoms with E-state index in [1.807, 2.05) is 6.08 Å². The van der Waals surface area contributed by atoms with Gasteiger partial charge in [0.25, 0.3) is 0 Å². The first-order valence-corrected chi connectivity index (χ1v) is 7.53. The molecule has 0 aromatic carbocycles. The Morgan fingerprint density at radius 2 is 1.75 bits per heavy atom. The fraction of sp³-hybridized carbons (Fsp3) is 0.812. The van der Waals surface area contributed by atoms with E-state index in [1.165, 1.54) is 19.3 Å². The molecule has 2 N–H and O–H groups in total. The quantitative estimate of drug-likeness (QED) is 0.250. The number of unbranched alkanes of at least 4 members (excludes halogenated alkanes) is 6. The van der Waals surface area contributed by atoms with E-state index in [0.29, 0.717) is 6.42 Å². The number of carbonyl (C=O) groups excluding carboxylic acids is 1. The van der Waals surface area contributed by atoms with Gasteiger partial charge in [0.15, 0.2) is 0 Å². The molecular formula is C16H30O4. The standard InChI is InChI=1S/C16H30O4/c1-4-5-6-7-8-9-10-11-12-14(18)20-15(19)16(2,3)13-17/h4,15,17,19H,1,5-13H2,2-3H3. The summed E-state index contributed by atoms with van der Waals surface area (Å²) in [6.07, 6.45) is 8.57. The van der Waals surface area contributed by atoms with E-state index in [-0.39, 0.29) is 6.61 Å². The van der Waals surface area contributed by atoms with Crippen LogP contribution in [-0.4, -0.2) is 29.1 Å². The first-order chi connectivity index (χ1) is 9.44. The Labute approximate surface area is 122 Å². The van der Waals surface area contributed by atoms with Crippen molar-refractivity contribution >= 4 is 5.97 Å². The monoisotopic (exact) mass is 286 g/mol. The second-order valence-electron chi connectivity index (χ2n) is 5.94. The molecule has 0 amide bonds. The molecule has 0 aliphatic carbocycles. The van der Waals surface area contributed by atoms with Crippen LogP contribution in [0.4, 0.5) is 0 Å². The van der Waals surface area contributed by atoms with E-state index in [9.17, 15) is 9.90 Å². The highest BCUT2D eigenvalue weighted by Crippen LogP contribution is 2.21. The number of aliphatic hydroxyl groups is 2. The lowest BCUT2D eigenvalue weighted by atomic mass is 9.94. The van der Waals surface area contributed by atoms with Crippen molar-refractivity contribution in [2.24, 2.45) is 5.41 Å². The van der Waals surface area contributed by atoms with Crippen LogP contribution < -0.4 is 0 Å². The number of esters is 1. The van der Waals surface area contributed by atoms with E-state index in [1.54, 1.807) is 13.8 Å². The lowest BCUT2D eigenvalue weighted by molar-refractivity contribution is -0.193. The molecule has 0 fully saturated rings. The summed E-state index contributed by atoms with van der Waals surface area (Å²) in [6.45, 7) is 6.75. The summed E-state index contributed by atoms with van der Waals surface area (Å²) in [7, 11) is 0. The summed E-state index contributed by atoms with van der Waals surface area (Å²) in [6, 6.07) is 0. The molecule has 0 saturated carbocycles. The number of rotatable bonds is 12. The molecule has 0 aliphatic rings. The van der Waals surface area contributed by atoms with Crippen molar-refractivity contribution in [2.75, 3.05) is 6.61 Å². The maximum atomic E-state index is 11.5. The highest BCUT2D eigenvalue weighted by atomic mass is 16.6. The number of hydrogen-bond donors (Lipinski definition) is 2. The van der Waals surface area contributed by atoms with Gasteiger partial charge in [0, 0.05) is 6.42 Å². The van der Waals surface area contributed by atoms with Crippen LogP contribution >= 0.6 is 0 Å². The third-order valence-corrected chi connectivity index (χ3v) is 3.36. The minimum atomic E-state index is -1.25. The lowest BCUT2D eigenvalue weighted by Gasteiger charge is -2.27. The molecule has 0 aromatic rings. The van der Waals surface area contributed by atoms with E-state index in [2.05, 4.69) is 6.58 Å². The Kier molecular flexibility index (Phi) is 10.4. The van der Waals surface area contributed by atoms with Crippen LogP contribution in [0.15, 0.2) is 12.7 Å². The second-order valence-corrected chi connectivity index (χ2v) is 5.94. The number of carbonyl (C=O) groups is 1. The molecular weight excluding hydrogens is 256 g/mol. The van der Waals surface area contributed by atoms with Crippen LogP contribution in [0.5, 0.6) is 0 Å². The summed E-state index contributed by atoms with van der Waals surface area (Å²) in [5, 5.41) is 18.7. The van der Waals surface area contributed by atoms with Crippen LogP contribution in [0.1, 0.15) is 65.2 Å². The molecule has 0 spiro atoms. The molecule has 0 aromatic heterocycles. The van der Waals surface area contributed by atoms with Gasteiger partial charge >= 0.3 is 5.97 Å². The minimum Gasteiger partial charge on any atom is -0.435 e. The molecule has 0 rings (SSSR count). The van der Waals surface area contributed by atoms with Gasteiger partial charge in [-0.05, 0) is 19.3 Å². The van der Waals surface area contributed by atoms with Crippen LogP contribution in [0.3, 0.4) is 0 Å². The van der Waals surface area contributed by atoms with Gasteiger partial charge in [-0.2, -0.15) is 0 Å². The molecule has 0 heterocycles. The van der Waals surface area contributed by atoms with Crippen molar-refractivity contribution in [3.63, 3.8) is 0 Å². The fourth-order valence-corrected chi connectivity index (χ4v) is 1.69. The zero-order chi connectivity index (χ0) is 15.4. The molecule has 4 heteroatoms. The molecule has 1 unspecified atom stereocenters. The van der Waals surface area contributed by atoms with Gasteiger partial charge in [0.1, 0.15) is 0 Å². The normalized spacial score (nSPS) is 13.0. The first kappa shape index (κ1) is 19.1. The van der Waals surface area contributed by atoms with E-state index in [0.717, 1.165) is 25.7 Å². The molecule has 4 nitrogen and oxygen atoms in total. The number of ether oxygens (including phenoxy) is 1. The average Bonchev–Trinajstić information content (AvgIpc) is 2.41. The summed E-state index contributed by atoms with van der Waals surface area (Å²) >= 11 is 0. The SMILES string of the molecule is C=CCCCCCCCCC(=O)OC(O)C(C)(C)CO. The summed E-state index contributed by atoms with van der Waals surface area (Å²) in [5.74, 6) is -0.398. The summed E-state index contributed by atoms with van der Waals surface area (Å²) in [5.41, 5.74) is -0.819. The number of aliphatic hydroxyl groups excluding tert-OH is 2. The Bertz CT molecular complexity index is 274. The predicted octanol–water partition coefficient (Wildman–Crippen LogP) is 3.17. The van der Waals surface area contributed by atoms with Crippen LogP contribution in [0.25, 0.3) is 0 Å². The lowest BCUT2D eigenvalue weighted by Crippen LogP contribution is -2.36. The largest absolute Gasteiger partial charge is 0.435 e. The van der Waals surface area contributed by atoms with Crippen molar-refractivity contribution in [1.29, 1.82) is 0 Å². The smallest absolute Gasteiger partial charge is 0.308 e. The molecule has 118 valence electrons. The van der Waals surface area contributed by atoms with Gasteiger partial charge in [-0.3, -0.25) is 4.79 Å². The minimum absolute atomic E-state index is 0.230. The van der Waals surface area contributed by atoms with E-state index < -0.39 is 17.7 Å². The second kappa shape index (κ2) is 10.9. The van der Waals surface area contributed by atoms with Crippen molar-refractivity contribution in [2.45, 2.75) is 71.5 Å². The van der Waals surface area contributed by atoms with E-state index >= 15 is 0 Å². The van der Waals surface area contributed by atoms with Crippen LogP contribution in [0, 0.1) is 5.41 Å². The van der Waals surface area contributed by atoms with Crippen molar-refractivity contribution in [3.05, 3.63) is 12.7 Å². The van der Waals surface area contributed by atoms with Gasteiger partial charge in [-0.15, -0.1) is 6.58 Å². The predicted molar refractivity (Wildman–Crippen MR) is 80.1 cm³/mol. The molecule has 0 bridgehead atoms. The van der Waals surface area contributed by atoms with Crippen LogP contribution in [0.2, 0.25) is 0 Å². The fourth-order valence-electron chi connectivity index (χ4n) is 1.69. The summed E-state index contributed by atoms with van der Waals surface area (Å²) < 4.78 is 4.91. The van der Waals surface area contributed by atoms with Crippen molar-refractivity contribution in [3.8, 4) is 0 Å². The zero-order valence-electron chi connectivity index (χ0n) is 12.9. The van der Waals surface area contributed by atoms with Gasteiger partial charge < -0.3 is 14.9 Å². The number of allylic oxidation sites excluding steroid dienone is 1. The molecule has 20 heavy (non-hydrogen) atoms. The molecule has 0 radical (unpaired) electrons. The maximum absolute atomic E-state index is 11.5. The van der Waals surface area contributed by atoms with Gasteiger partial charge in [0.2, 0.25) is 6.29 Å². The van der Waals surface area contributed by atoms with Gasteiger partial charge in [-0.1, -0.05) is 45.6 Å². The average molecular weight is 286 g/mol. The third kappa shape index (κ3) is 9.10. The maximum Gasteiger partial charge on any atom is 0.308 e. The van der Waals surface area contributed by atoms with E-state index in [4.69, 9.17) is 9.84 Å². The Morgan fingerprint density at radius 1 is 1.20 bits per heavy atom. The van der Waals surface area contributed by atoms with Gasteiger partial charge in [0.05, 0.1) is 12.0 Å². The Hall–Kier alpha value is -0.870. The van der Waals surface area contributed by atoms with Crippen LogP contribution in [-0.2, 0) is 9.53 Å². The highest BCUT2D eigenvalue weighted by molar-refractivity contribution is 5.69. The zero-order valence-corrected chi connectivity index (χ0v) is 12.9. The highest BCUT2D eigenvalue weighted by Gasteiger charge is 2.30. The first-order valence-electron chi connectivity index (χ1n) is 7.53. The Morgan fingerprint density at radius 3 is 2.30 bits per heavy atom. The molecule has 0 saturated heterocycles. The Balaban J connectivity index is 3.57.